The largest absolute Gasteiger partial charge is 0.508 e. The van der Waals surface area contributed by atoms with E-state index in [1.165, 1.54) is 18.2 Å². The molecule has 0 aliphatic heterocycles. The number of hydrogen-bond acceptors (Lipinski definition) is 6. The molecule has 2 N–H and O–H groups in total. The van der Waals surface area contributed by atoms with Gasteiger partial charge in [0.05, 0.1) is 5.56 Å². The highest BCUT2D eigenvalue weighted by atomic mass is 16.6. The van der Waals surface area contributed by atoms with Gasteiger partial charge in [0.2, 0.25) is 0 Å². The number of phenols is 2. The zero-order valence-corrected chi connectivity index (χ0v) is 18.0. The molecule has 0 bridgehead atoms. The van der Waals surface area contributed by atoms with Gasteiger partial charge in [-0.1, -0.05) is 72.8 Å². The molecule has 8 nitrogen and oxygen atoms in total. The summed E-state index contributed by atoms with van der Waals surface area (Å²) < 4.78 is 0. The molecule has 0 spiro atoms. The van der Waals surface area contributed by atoms with Gasteiger partial charge in [0.25, 0.3) is 12.1 Å². The molecule has 0 saturated carbocycles. The lowest BCUT2D eigenvalue weighted by Gasteiger charge is -2.11. The summed E-state index contributed by atoms with van der Waals surface area (Å²) in [6, 6.07) is 27.9. The van der Waals surface area contributed by atoms with E-state index in [-0.39, 0.29) is 16.4 Å². The van der Waals surface area contributed by atoms with Crippen molar-refractivity contribution >= 4 is 0 Å². The highest BCUT2D eigenvalue weighted by Crippen LogP contribution is 2.31. The molecule has 172 valence electrons. The predicted octanol–water partition coefficient (Wildman–Crippen LogP) is 5.52. The summed E-state index contributed by atoms with van der Waals surface area (Å²) in [5, 5.41) is 41.1. The van der Waals surface area contributed by atoms with Crippen LogP contribution in [0.4, 0.5) is 0 Å². The van der Waals surface area contributed by atoms with Gasteiger partial charge in [0.1, 0.15) is 11.5 Å². The van der Waals surface area contributed by atoms with Gasteiger partial charge in [-0.25, -0.2) is 0 Å². The van der Waals surface area contributed by atoms with Crippen molar-refractivity contribution in [2.75, 3.05) is 0 Å². The number of nitro groups is 2. The molecule has 2 unspecified atom stereocenters. The van der Waals surface area contributed by atoms with E-state index in [0.717, 1.165) is 0 Å². The van der Waals surface area contributed by atoms with Gasteiger partial charge in [-0.3, -0.25) is 20.2 Å². The third-order valence-corrected chi connectivity index (χ3v) is 5.09. The summed E-state index contributed by atoms with van der Waals surface area (Å²) >= 11 is 0. The molecule has 2 atom stereocenters. The lowest BCUT2D eigenvalue weighted by atomic mass is 9.99. The molecular formula is C26H22N2O6. The Morgan fingerprint density at radius 3 is 1.41 bits per heavy atom. The fourth-order valence-corrected chi connectivity index (χ4v) is 3.50. The van der Waals surface area contributed by atoms with Crippen molar-refractivity contribution in [3.8, 4) is 11.5 Å². The first-order valence-corrected chi connectivity index (χ1v) is 10.3. The third kappa shape index (κ3) is 5.95. The van der Waals surface area contributed by atoms with Crippen LogP contribution in [0.25, 0.3) is 0 Å². The van der Waals surface area contributed by atoms with Gasteiger partial charge in [0.15, 0.2) is 0 Å². The molecule has 0 radical (unpaired) electrons. The average molecular weight is 458 g/mol. The lowest BCUT2D eigenvalue weighted by Crippen LogP contribution is -2.12. The summed E-state index contributed by atoms with van der Waals surface area (Å²) in [6.07, 6.45) is 0. The van der Waals surface area contributed by atoms with Crippen LogP contribution in [0.1, 0.15) is 34.3 Å². The molecule has 4 aromatic carbocycles. The molecule has 0 saturated heterocycles. The number of para-hydroxylation sites is 1. The molecule has 0 aliphatic carbocycles. The minimum atomic E-state index is -1.03. The zero-order valence-electron chi connectivity index (χ0n) is 18.0. The molecule has 0 amide bonds. The van der Waals surface area contributed by atoms with Gasteiger partial charge < -0.3 is 10.2 Å². The Labute approximate surface area is 195 Å². The second-order valence-corrected chi connectivity index (χ2v) is 7.35. The first kappa shape index (κ1) is 23.9. The SMILES string of the molecule is O=[N+]([O-])C(c1ccccc1)c1ccc(O)cc1.O=[N+]([O-])C(c1ccccc1)c1ccccc1O. The number of hydrogen-bond donors (Lipinski definition) is 2. The van der Waals surface area contributed by atoms with Crippen LogP contribution in [0.2, 0.25) is 0 Å². The van der Waals surface area contributed by atoms with E-state index in [0.29, 0.717) is 22.3 Å². The summed E-state index contributed by atoms with van der Waals surface area (Å²) in [6.45, 7) is 0. The van der Waals surface area contributed by atoms with Gasteiger partial charge in [-0.2, -0.15) is 0 Å². The Kier molecular flexibility index (Phi) is 7.91. The van der Waals surface area contributed by atoms with Crippen molar-refractivity contribution in [3.63, 3.8) is 0 Å². The maximum Gasteiger partial charge on any atom is 0.266 e. The second kappa shape index (κ2) is 11.2. The van der Waals surface area contributed by atoms with Gasteiger partial charge in [-0.05, 0) is 36.4 Å². The van der Waals surface area contributed by atoms with E-state index in [1.54, 1.807) is 84.9 Å². The van der Waals surface area contributed by atoms with Crippen molar-refractivity contribution in [2.45, 2.75) is 12.1 Å². The highest BCUT2D eigenvalue weighted by molar-refractivity contribution is 5.39. The van der Waals surface area contributed by atoms with Crippen molar-refractivity contribution in [1.82, 2.24) is 0 Å². The highest BCUT2D eigenvalue weighted by Gasteiger charge is 2.27. The van der Waals surface area contributed by atoms with Crippen LogP contribution in [0, 0.1) is 20.2 Å². The molecular weight excluding hydrogens is 436 g/mol. The topological polar surface area (TPSA) is 127 Å². The van der Waals surface area contributed by atoms with Crippen LogP contribution < -0.4 is 0 Å². The standard InChI is InChI=1S/2C13H11NO3/c15-12-9-5-4-8-11(12)13(14(16)17)10-6-2-1-3-7-10;15-12-8-6-11(7-9-12)13(14(16)17)10-4-2-1-3-5-10/h2*1-9,13,15H. The van der Waals surface area contributed by atoms with E-state index in [1.807, 2.05) is 6.07 Å². The lowest BCUT2D eigenvalue weighted by molar-refractivity contribution is -0.517. The van der Waals surface area contributed by atoms with Crippen LogP contribution in [0.15, 0.2) is 109 Å². The average Bonchev–Trinajstić information content (AvgIpc) is 2.83. The summed E-state index contributed by atoms with van der Waals surface area (Å²) in [7, 11) is 0. The molecule has 0 aliphatic rings. The molecule has 0 heterocycles. The Morgan fingerprint density at radius 2 is 0.941 bits per heavy atom. The molecule has 4 aromatic rings. The van der Waals surface area contributed by atoms with Crippen molar-refractivity contribution in [2.24, 2.45) is 0 Å². The number of nitrogens with zero attached hydrogens (tertiary/aromatic N) is 2. The summed E-state index contributed by atoms with van der Waals surface area (Å²) in [5.74, 6) is 0.0435. The molecule has 34 heavy (non-hydrogen) atoms. The smallest absolute Gasteiger partial charge is 0.266 e. The fraction of sp³-hybridized carbons (Fsp3) is 0.0769. The summed E-state index contributed by atoms with van der Waals surface area (Å²) in [4.78, 5) is 21.5. The molecule has 0 aromatic heterocycles. The van der Waals surface area contributed by atoms with E-state index >= 15 is 0 Å². The van der Waals surface area contributed by atoms with Crippen molar-refractivity contribution in [1.29, 1.82) is 0 Å². The number of phenolic OH excluding ortho intramolecular Hbond substituents is 2. The van der Waals surface area contributed by atoms with Gasteiger partial charge >= 0.3 is 0 Å². The van der Waals surface area contributed by atoms with Crippen molar-refractivity contribution < 1.29 is 20.1 Å². The van der Waals surface area contributed by atoms with Crippen LogP contribution in [-0.2, 0) is 0 Å². The number of benzene rings is 4. The van der Waals surface area contributed by atoms with Crippen LogP contribution in [0.5, 0.6) is 11.5 Å². The second-order valence-electron chi connectivity index (χ2n) is 7.35. The van der Waals surface area contributed by atoms with Gasteiger partial charge in [0, 0.05) is 26.5 Å². The van der Waals surface area contributed by atoms with Crippen LogP contribution in [-0.4, -0.2) is 20.1 Å². The van der Waals surface area contributed by atoms with E-state index in [2.05, 4.69) is 0 Å². The minimum absolute atomic E-state index is 0.0574. The first-order chi connectivity index (χ1) is 16.4. The first-order valence-electron chi connectivity index (χ1n) is 10.3. The monoisotopic (exact) mass is 458 g/mol. The third-order valence-electron chi connectivity index (χ3n) is 5.09. The van der Waals surface area contributed by atoms with Gasteiger partial charge in [-0.15, -0.1) is 0 Å². The maximum atomic E-state index is 11.1. The quantitative estimate of drug-likeness (QED) is 0.289. The minimum Gasteiger partial charge on any atom is -0.508 e. The predicted molar refractivity (Wildman–Crippen MR) is 127 cm³/mol. The maximum absolute atomic E-state index is 11.1. The Hall–Kier alpha value is -4.72. The zero-order chi connectivity index (χ0) is 24.5. The number of rotatable bonds is 6. The Bertz CT molecular complexity index is 1230. The van der Waals surface area contributed by atoms with Crippen molar-refractivity contribution in [3.05, 3.63) is 152 Å². The molecule has 0 fully saturated rings. The van der Waals surface area contributed by atoms with Crippen LogP contribution in [0.3, 0.4) is 0 Å². The van der Waals surface area contributed by atoms with E-state index in [4.69, 9.17) is 0 Å². The van der Waals surface area contributed by atoms with Crippen LogP contribution >= 0.6 is 0 Å². The van der Waals surface area contributed by atoms with E-state index < -0.39 is 17.0 Å². The van der Waals surface area contributed by atoms with E-state index in [9.17, 15) is 30.4 Å². The number of aromatic hydroxyl groups is 2. The Morgan fingerprint density at radius 1 is 0.529 bits per heavy atom. The normalized spacial score (nSPS) is 12.0. The summed E-state index contributed by atoms with van der Waals surface area (Å²) in [5.41, 5.74) is 2.05. The Balaban J connectivity index is 0.000000191. The molecule has 8 heteroatoms. The fourth-order valence-electron chi connectivity index (χ4n) is 3.50. The molecule has 4 rings (SSSR count).